The van der Waals surface area contributed by atoms with Crippen molar-refractivity contribution in [3.8, 4) is 0 Å². The Morgan fingerprint density at radius 3 is 2.56 bits per heavy atom. The first-order valence-corrected chi connectivity index (χ1v) is 6.05. The number of ether oxygens (including phenoxy) is 2. The molecule has 0 aromatic heterocycles. The molecule has 4 heteroatoms. The number of carbonyl (C=O) groups excluding carboxylic acids is 1. The maximum Gasteiger partial charge on any atom is 0.323 e. The maximum absolute atomic E-state index is 11.6. The van der Waals surface area contributed by atoms with Gasteiger partial charge in [0.25, 0.3) is 0 Å². The Labute approximate surface area is 97.7 Å². The molecule has 94 valence electrons. The highest BCUT2D eigenvalue weighted by Gasteiger charge is 2.37. The molecular formula is C12H23NO3. The molecule has 2 unspecified atom stereocenters. The van der Waals surface area contributed by atoms with Crippen LogP contribution in [0, 0.1) is 5.92 Å². The second kappa shape index (κ2) is 6.86. The van der Waals surface area contributed by atoms with Crippen LogP contribution in [0.25, 0.3) is 0 Å². The summed E-state index contributed by atoms with van der Waals surface area (Å²) in [6, 6.07) is 0.108. The van der Waals surface area contributed by atoms with Crippen LogP contribution in [-0.4, -0.2) is 38.9 Å². The van der Waals surface area contributed by atoms with Crippen LogP contribution in [0.3, 0.4) is 0 Å². The van der Waals surface area contributed by atoms with Crippen molar-refractivity contribution in [3.05, 3.63) is 0 Å². The maximum atomic E-state index is 11.6. The van der Waals surface area contributed by atoms with Crippen LogP contribution >= 0.6 is 0 Å². The number of rotatable bonds is 8. The molecule has 1 aliphatic rings. The van der Waals surface area contributed by atoms with Crippen LogP contribution in [0.5, 0.6) is 0 Å². The molecule has 0 radical (unpaired) electrons. The van der Waals surface area contributed by atoms with Gasteiger partial charge in [0, 0.05) is 13.2 Å². The second-order valence-electron chi connectivity index (χ2n) is 4.45. The van der Waals surface area contributed by atoms with E-state index in [1.807, 2.05) is 0 Å². The third-order valence-corrected chi connectivity index (χ3v) is 2.97. The molecule has 0 bridgehead atoms. The summed E-state index contributed by atoms with van der Waals surface area (Å²) in [4.78, 5) is 11.6. The number of hydrogen-bond acceptors (Lipinski definition) is 4. The van der Waals surface area contributed by atoms with Crippen molar-refractivity contribution in [1.82, 2.24) is 5.32 Å². The van der Waals surface area contributed by atoms with E-state index in [9.17, 15) is 4.79 Å². The summed E-state index contributed by atoms with van der Waals surface area (Å²) in [6.07, 6.45) is 4.35. The normalized spacial score (nSPS) is 19.2. The molecule has 0 amide bonds. The minimum absolute atomic E-state index is 0.139. The summed E-state index contributed by atoms with van der Waals surface area (Å²) in [5.41, 5.74) is 0. The Morgan fingerprint density at radius 2 is 2.12 bits per heavy atom. The molecule has 0 spiro atoms. The minimum Gasteiger partial charge on any atom is -0.468 e. The van der Waals surface area contributed by atoms with Crippen molar-refractivity contribution in [3.63, 3.8) is 0 Å². The Bertz CT molecular complexity index is 210. The van der Waals surface area contributed by atoms with E-state index in [2.05, 4.69) is 12.2 Å². The molecule has 0 aromatic rings. The van der Waals surface area contributed by atoms with E-state index in [4.69, 9.17) is 9.47 Å². The van der Waals surface area contributed by atoms with E-state index in [0.29, 0.717) is 12.5 Å². The lowest BCUT2D eigenvalue weighted by Crippen LogP contribution is -2.47. The summed E-state index contributed by atoms with van der Waals surface area (Å²) in [5.74, 6) is 0.323. The van der Waals surface area contributed by atoms with E-state index in [1.165, 1.54) is 7.11 Å². The summed E-state index contributed by atoms with van der Waals surface area (Å²) in [5, 5.41) is 3.37. The standard InChI is InChI=1S/C12H23NO3/c1-4-5-10(8-15-2)13-11(9-6-7-9)12(14)16-3/h9-11,13H,4-8H2,1-3H3. The Balaban J connectivity index is 2.46. The van der Waals surface area contributed by atoms with Gasteiger partial charge in [-0.05, 0) is 25.2 Å². The van der Waals surface area contributed by atoms with Gasteiger partial charge in [0.05, 0.1) is 13.7 Å². The zero-order chi connectivity index (χ0) is 12.0. The zero-order valence-corrected chi connectivity index (χ0v) is 10.5. The number of esters is 1. The molecule has 1 rings (SSSR count). The van der Waals surface area contributed by atoms with E-state index < -0.39 is 0 Å². The van der Waals surface area contributed by atoms with Gasteiger partial charge in [-0.1, -0.05) is 13.3 Å². The van der Waals surface area contributed by atoms with Gasteiger partial charge < -0.3 is 9.47 Å². The lowest BCUT2D eigenvalue weighted by molar-refractivity contribution is -0.144. The van der Waals surface area contributed by atoms with Crippen molar-refractivity contribution in [2.24, 2.45) is 5.92 Å². The fraction of sp³-hybridized carbons (Fsp3) is 0.917. The number of hydrogen-bond donors (Lipinski definition) is 1. The van der Waals surface area contributed by atoms with E-state index >= 15 is 0 Å². The molecule has 4 nitrogen and oxygen atoms in total. The number of methoxy groups -OCH3 is 2. The second-order valence-corrected chi connectivity index (χ2v) is 4.45. The monoisotopic (exact) mass is 229 g/mol. The molecule has 2 atom stereocenters. The van der Waals surface area contributed by atoms with Gasteiger partial charge in [0.2, 0.25) is 0 Å². The quantitative estimate of drug-likeness (QED) is 0.638. The van der Waals surface area contributed by atoms with Gasteiger partial charge in [-0.2, -0.15) is 0 Å². The summed E-state index contributed by atoms with van der Waals surface area (Å²) < 4.78 is 9.98. The summed E-state index contributed by atoms with van der Waals surface area (Å²) in [7, 11) is 3.14. The van der Waals surface area contributed by atoms with E-state index in [-0.39, 0.29) is 18.1 Å². The third kappa shape index (κ3) is 4.10. The number of nitrogens with one attached hydrogen (secondary N) is 1. The van der Waals surface area contributed by atoms with Crippen LogP contribution < -0.4 is 5.32 Å². The molecule has 1 saturated carbocycles. The lowest BCUT2D eigenvalue weighted by Gasteiger charge is -2.23. The fourth-order valence-electron chi connectivity index (χ4n) is 1.97. The van der Waals surface area contributed by atoms with Gasteiger partial charge in [-0.3, -0.25) is 10.1 Å². The van der Waals surface area contributed by atoms with Crippen LogP contribution in [0.4, 0.5) is 0 Å². The molecule has 1 aliphatic carbocycles. The van der Waals surface area contributed by atoms with Gasteiger partial charge in [0.15, 0.2) is 0 Å². The van der Waals surface area contributed by atoms with Gasteiger partial charge in [0.1, 0.15) is 6.04 Å². The molecular weight excluding hydrogens is 206 g/mol. The highest BCUT2D eigenvalue weighted by Crippen LogP contribution is 2.33. The first-order chi connectivity index (χ1) is 7.72. The first kappa shape index (κ1) is 13.5. The van der Waals surface area contributed by atoms with Crippen LogP contribution in [0.15, 0.2) is 0 Å². The predicted molar refractivity (Wildman–Crippen MR) is 62.2 cm³/mol. The van der Waals surface area contributed by atoms with Crippen LogP contribution in [-0.2, 0) is 14.3 Å². The average molecular weight is 229 g/mol. The number of carbonyl (C=O) groups is 1. The van der Waals surface area contributed by atoms with Gasteiger partial charge in [-0.15, -0.1) is 0 Å². The molecule has 0 saturated heterocycles. The minimum atomic E-state index is -0.142. The van der Waals surface area contributed by atoms with Crippen molar-refractivity contribution in [1.29, 1.82) is 0 Å². The summed E-state index contributed by atoms with van der Waals surface area (Å²) >= 11 is 0. The summed E-state index contributed by atoms with van der Waals surface area (Å²) in [6.45, 7) is 2.78. The predicted octanol–water partition coefficient (Wildman–Crippen LogP) is 1.34. The molecule has 16 heavy (non-hydrogen) atoms. The molecule has 0 heterocycles. The Morgan fingerprint density at radius 1 is 1.44 bits per heavy atom. The lowest BCUT2D eigenvalue weighted by atomic mass is 10.1. The van der Waals surface area contributed by atoms with Crippen molar-refractivity contribution >= 4 is 5.97 Å². The van der Waals surface area contributed by atoms with E-state index in [0.717, 1.165) is 25.7 Å². The van der Waals surface area contributed by atoms with Gasteiger partial charge >= 0.3 is 5.97 Å². The van der Waals surface area contributed by atoms with Crippen molar-refractivity contribution in [2.45, 2.75) is 44.7 Å². The van der Waals surface area contributed by atoms with Crippen molar-refractivity contribution < 1.29 is 14.3 Å². The van der Waals surface area contributed by atoms with E-state index in [1.54, 1.807) is 7.11 Å². The van der Waals surface area contributed by atoms with Crippen molar-refractivity contribution in [2.75, 3.05) is 20.8 Å². The zero-order valence-electron chi connectivity index (χ0n) is 10.5. The SMILES string of the molecule is CCCC(COC)NC(C(=O)OC)C1CC1. The molecule has 1 fully saturated rings. The van der Waals surface area contributed by atoms with Crippen LogP contribution in [0.2, 0.25) is 0 Å². The largest absolute Gasteiger partial charge is 0.468 e. The smallest absolute Gasteiger partial charge is 0.323 e. The third-order valence-electron chi connectivity index (χ3n) is 2.97. The Kier molecular flexibility index (Phi) is 5.77. The fourth-order valence-corrected chi connectivity index (χ4v) is 1.97. The van der Waals surface area contributed by atoms with Gasteiger partial charge in [-0.25, -0.2) is 0 Å². The molecule has 0 aliphatic heterocycles. The first-order valence-electron chi connectivity index (χ1n) is 6.05. The molecule has 0 aromatic carbocycles. The highest BCUT2D eigenvalue weighted by atomic mass is 16.5. The topological polar surface area (TPSA) is 47.6 Å². The van der Waals surface area contributed by atoms with Crippen LogP contribution in [0.1, 0.15) is 32.6 Å². The average Bonchev–Trinajstić information content (AvgIpc) is 3.09. The molecule has 1 N–H and O–H groups in total. The Hall–Kier alpha value is -0.610. The highest BCUT2D eigenvalue weighted by molar-refractivity contribution is 5.76.